The molecule has 0 spiro atoms. The van der Waals surface area contributed by atoms with E-state index in [1.165, 1.54) is 0 Å². The van der Waals surface area contributed by atoms with Gasteiger partial charge in [-0.15, -0.1) is 0 Å². The van der Waals surface area contributed by atoms with Crippen molar-refractivity contribution >= 4 is 29.3 Å². The molecule has 1 unspecified atom stereocenters. The molecule has 0 saturated carbocycles. The van der Waals surface area contributed by atoms with Gasteiger partial charge in [0.2, 0.25) is 0 Å². The maximum atomic E-state index is 13.8. The highest BCUT2D eigenvalue weighted by molar-refractivity contribution is 7.99. The normalized spacial score (nSPS) is 17.2. The van der Waals surface area contributed by atoms with Crippen LogP contribution in [0.5, 0.6) is 0 Å². The van der Waals surface area contributed by atoms with E-state index in [2.05, 4.69) is 32.0 Å². The van der Waals surface area contributed by atoms with Crippen LogP contribution < -0.4 is 4.90 Å². The SMILES string of the molecule is Cc1ccc(C)c(CN2C(=O)c3ccccc3Sc3ccc(C(=O)OCC4CCCO4)cc32)c1. The molecule has 0 radical (unpaired) electrons. The van der Waals surface area contributed by atoms with Crippen molar-refractivity contribution in [2.24, 2.45) is 0 Å². The second-order valence-corrected chi connectivity index (χ2v) is 9.92. The molecule has 5 nitrogen and oxygen atoms in total. The molecule has 0 aromatic heterocycles. The van der Waals surface area contributed by atoms with Gasteiger partial charge in [-0.2, -0.15) is 0 Å². The molecule has 0 bridgehead atoms. The van der Waals surface area contributed by atoms with Crippen LogP contribution in [0.4, 0.5) is 5.69 Å². The zero-order chi connectivity index (χ0) is 23.7. The van der Waals surface area contributed by atoms with Gasteiger partial charge in [-0.3, -0.25) is 4.79 Å². The summed E-state index contributed by atoms with van der Waals surface area (Å²) in [5, 5.41) is 0. The Morgan fingerprint density at radius 1 is 1.09 bits per heavy atom. The first kappa shape index (κ1) is 22.7. The van der Waals surface area contributed by atoms with Gasteiger partial charge < -0.3 is 14.4 Å². The van der Waals surface area contributed by atoms with Gasteiger partial charge in [-0.25, -0.2) is 4.79 Å². The van der Waals surface area contributed by atoms with Crippen LogP contribution >= 0.6 is 11.8 Å². The lowest BCUT2D eigenvalue weighted by Gasteiger charge is -2.25. The summed E-state index contributed by atoms with van der Waals surface area (Å²) in [5.74, 6) is -0.475. The number of carbonyl (C=O) groups excluding carboxylic acids is 2. The number of ether oxygens (including phenoxy) is 2. The number of benzene rings is 3. The van der Waals surface area contributed by atoms with E-state index in [-0.39, 0.29) is 18.6 Å². The number of fused-ring (bicyclic) bond motifs is 2. The lowest BCUT2D eigenvalue weighted by molar-refractivity contribution is 0.0161. The maximum absolute atomic E-state index is 13.8. The maximum Gasteiger partial charge on any atom is 0.338 e. The highest BCUT2D eigenvalue weighted by atomic mass is 32.2. The van der Waals surface area contributed by atoms with Crippen molar-refractivity contribution < 1.29 is 19.1 Å². The Hall–Kier alpha value is -3.09. The van der Waals surface area contributed by atoms with E-state index in [9.17, 15) is 9.59 Å². The second kappa shape index (κ2) is 9.65. The Kier molecular flexibility index (Phi) is 6.44. The van der Waals surface area contributed by atoms with Gasteiger partial charge in [0.05, 0.1) is 29.5 Å². The highest BCUT2D eigenvalue weighted by Gasteiger charge is 2.29. The van der Waals surface area contributed by atoms with Crippen molar-refractivity contribution in [1.29, 1.82) is 0 Å². The molecule has 174 valence electrons. The number of carbonyl (C=O) groups is 2. The Bertz CT molecular complexity index is 1250. The fourth-order valence-corrected chi connectivity index (χ4v) is 5.43. The molecule has 1 amide bonds. The van der Waals surface area contributed by atoms with Gasteiger partial charge in [0.15, 0.2) is 0 Å². The zero-order valence-electron chi connectivity index (χ0n) is 19.4. The predicted molar refractivity (Wildman–Crippen MR) is 133 cm³/mol. The molecule has 0 aliphatic carbocycles. The quantitative estimate of drug-likeness (QED) is 0.429. The number of hydrogen-bond acceptors (Lipinski definition) is 5. The van der Waals surface area contributed by atoms with Gasteiger partial charge in [-0.05, 0) is 68.1 Å². The van der Waals surface area contributed by atoms with Gasteiger partial charge in [0.25, 0.3) is 5.91 Å². The fraction of sp³-hybridized carbons (Fsp3) is 0.286. The first-order chi connectivity index (χ1) is 16.5. The van der Waals surface area contributed by atoms with Gasteiger partial charge in [-0.1, -0.05) is 47.7 Å². The minimum absolute atomic E-state index is 0.0304. The van der Waals surface area contributed by atoms with E-state index in [0.29, 0.717) is 24.3 Å². The largest absolute Gasteiger partial charge is 0.459 e. The summed E-state index contributed by atoms with van der Waals surface area (Å²) >= 11 is 1.55. The number of anilines is 1. The minimum Gasteiger partial charge on any atom is -0.459 e. The molecular weight excluding hydrogens is 446 g/mol. The third-order valence-electron chi connectivity index (χ3n) is 6.33. The van der Waals surface area contributed by atoms with Crippen molar-refractivity contribution in [3.8, 4) is 0 Å². The summed E-state index contributed by atoms with van der Waals surface area (Å²) in [5.41, 5.74) is 5.16. The van der Waals surface area contributed by atoms with E-state index >= 15 is 0 Å². The topological polar surface area (TPSA) is 55.8 Å². The van der Waals surface area contributed by atoms with Crippen LogP contribution in [0.2, 0.25) is 0 Å². The van der Waals surface area contributed by atoms with Crippen LogP contribution in [-0.4, -0.2) is 31.2 Å². The lowest BCUT2D eigenvalue weighted by atomic mass is 10.0. The number of esters is 1. The third-order valence-corrected chi connectivity index (χ3v) is 7.47. The Morgan fingerprint density at radius 2 is 1.94 bits per heavy atom. The third kappa shape index (κ3) is 4.61. The molecule has 1 fully saturated rings. The van der Waals surface area contributed by atoms with Gasteiger partial charge >= 0.3 is 5.97 Å². The van der Waals surface area contributed by atoms with E-state index < -0.39 is 5.97 Å². The van der Waals surface area contributed by atoms with Crippen molar-refractivity contribution in [3.63, 3.8) is 0 Å². The van der Waals surface area contributed by atoms with Crippen LogP contribution in [0, 0.1) is 13.8 Å². The number of aryl methyl sites for hydroxylation is 2. The molecular formula is C28H27NO4S. The van der Waals surface area contributed by atoms with E-state index in [4.69, 9.17) is 9.47 Å². The summed E-state index contributed by atoms with van der Waals surface area (Å²) in [6, 6.07) is 19.4. The van der Waals surface area contributed by atoms with Crippen molar-refractivity contribution in [3.05, 3.63) is 88.5 Å². The lowest BCUT2D eigenvalue weighted by Crippen LogP contribution is -2.31. The van der Waals surface area contributed by atoms with E-state index in [0.717, 1.165) is 45.0 Å². The van der Waals surface area contributed by atoms with Crippen molar-refractivity contribution in [2.45, 2.75) is 49.1 Å². The number of hydrogen-bond donors (Lipinski definition) is 0. The molecule has 0 N–H and O–H groups in total. The van der Waals surface area contributed by atoms with Crippen LogP contribution in [0.3, 0.4) is 0 Å². The second-order valence-electron chi connectivity index (χ2n) is 8.84. The Labute approximate surface area is 204 Å². The molecule has 6 heteroatoms. The van der Waals surface area contributed by atoms with Crippen LogP contribution in [0.25, 0.3) is 0 Å². The molecule has 1 atom stereocenters. The average molecular weight is 474 g/mol. The standard InChI is InChI=1S/C28H27NO4S/c1-18-9-10-19(2)21(14-18)16-29-24-15-20(28(31)33-17-22-6-5-13-32-22)11-12-26(24)34-25-8-4-3-7-23(25)27(29)30/h3-4,7-12,14-15,22H,5-6,13,16-17H2,1-2H3. The summed E-state index contributed by atoms with van der Waals surface area (Å²) < 4.78 is 11.1. The minimum atomic E-state index is -0.399. The number of rotatable bonds is 5. The summed E-state index contributed by atoms with van der Waals surface area (Å²) in [6.45, 7) is 5.49. The monoisotopic (exact) mass is 473 g/mol. The van der Waals surface area contributed by atoms with E-state index in [1.807, 2.05) is 30.3 Å². The van der Waals surface area contributed by atoms with E-state index in [1.54, 1.807) is 28.8 Å². The van der Waals surface area contributed by atoms with Crippen LogP contribution in [0.15, 0.2) is 70.5 Å². The summed E-state index contributed by atoms with van der Waals surface area (Å²) in [6.07, 6.45) is 1.87. The zero-order valence-corrected chi connectivity index (χ0v) is 20.2. The van der Waals surface area contributed by atoms with Crippen LogP contribution in [0.1, 0.15) is 50.2 Å². The average Bonchev–Trinajstić information content (AvgIpc) is 3.33. The Balaban J connectivity index is 1.51. The summed E-state index contributed by atoms with van der Waals surface area (Å²) in [4.78, 5) is 30.2. The number of nitrogens with zero attached hydrogens (tertiary/aromatic N) is 1. The van der Waals surface area contributed by atoms with Crippen molar-refractivity contribution in [1.82, 2.24) is 0 Å². The number of amides is 1. The molecule has 3 aromatic rings. The van der Waals surface area contributed by atoms with Crippen molar-refractivity contribution in [2.75, 3.05) is 18.1 Å². The molecule has 5 rings (SSSR count). The first-order valence-electron chi connectivity index (χ1n) is 11.6. The summed E-state index contributed by atoms with van der Waals surface area (Å²) in [7, 11) is 0. The smallest absolute Gasteiger partial charge is 0.338 e. The Morgan fingerprint density at radius 3 is 2.76 bits per heavy atom. The fourth-order valence-electron chi connectivity index (χ4n) is 4.37. The molecule has 2 aliphatic heterocycles. The molecule has 1 saturated heterocycles. The molecule has 2 heterocycles. The molecule has 2 aliphatic rings. The van der Waals surface area contributed by atoms with Gasteiger partial charge in [0, 0.05) is 16.4 Å². The van der Waals surface area contributed by atoms with Gasteiger partial charge in [0.1, 0.15) is 6.61 Å². The van der Waals surface area contributed by atoms with Crippen LogP contribution in [-0.2, 0) is 16.0 Å². The highest BCUT2D eigenvalue weighted by Crippen LogP contribution is 2.42. The molecule has 34 heavy (non-hydrogen) atoms. The first-order valence-corrected chi connectivity index (χ1v) is 12.4. The molecule has 3 aromatic carbocycles. The predicted octanol–water partition coefficient (Wildman–Crippen LogP) is 5.95.